The molecule has 74 valence electrons. The van der Waals surface area contributed by atoms with Gasteiger partial charge < -0.3 is 5.21 Å². The van der Waals surface area contributed by atoms with Gasteiger partial charge in [-0.1, -0.05) is 11.2 Å². The summed E-state index contributed by atoms with van der Waals surface area (Å²) in [6.45, 7) is 0. The zero-order valence-corrected chi connectivity index (χ0v) is 7.37. The van der Waals surface area contributed by atoms with E-state index in [0.29, 0.717) is 18.6 Å². The lowest BCUT2D eigenvalue weighted by Gasteiger charge is -2.27. The molecule has 1 aromatic carbocycles. The topological polar surface area (TPSA) is 32.6 Å². The van der Waals surface area contributed by atoms with E-state index < -0.39 is 11.6 Å². The predicted octanol–water partition coefficient (Wildman–Crippen LogP) is 2.67. The summed E-state index contributed by atoms with van der Waals surface area (Å²) in [5.74, 6) is -1.53. The molecule has 0 spiro atoms. The van der Waals surface area contributed by atoms with Crippen LogP contribution in [0, 0.1) is 11.6 Å². The van der Waals surface area contributed by atoms with E-state index in [-0.39, 0.29) is 11.5 Å². The Morgan fingerprint density at radius 2 is 1.93 bits per heavy atom. The first kappa shape index (κ1) is 9.12. The van der Waals surface area contributed by atoms with E-state index in [1.165, 1.54) is 18.2 Å². The van der Waals surface area contributed by atoms with E-state index in [9.17, 15) is 8.78 Å². The quantitative estimate of drug-likeness (QED) is 0.544. The molecule has 0 radical (unpaired) electrons. The van der Waals surface area contributed by atoms with Crippen LogP contribution in [0.4, 0.5) is 8.78 Å². The SMILES string of the molecule is O/N=C1\CCC1c1c(F)cccc1F. The van der Waals surface area contributed by atoms with E-state index in [2.05, 4.69) is 5.16 Å². The molecule has 0 heterocycles. The maximum atomic E-state index is 13.3. The van der Waals surface area contributed by atoms with Gasteiger partial charge in [0.25, 0.3) is 0 Å². The van der Waals surface area contributed by atoms with Crippen LogP contribution in [0.3, 0.4) is 0 Å². The second kappa shape index (κ2) is 3.36. The van der Waals surface area contributed by atoms with Gasteiger partial charge in [-0.2, -0.15) is 0 Å². The van der Waals surface area contributed by atoms with Crippen LogP contribution in [0.25, 0.3) is 0 Å². The third kappa shape index (κ3) is 1.27. The van der Waals surface area contributed by atoms with Crippen LogP contribution in [0.5, 0.6) is 0 Å². The first-order chi connectivity index (χ1) is 6.74. The van der Waals surface area contributed by atoms with Crippen LogP contribution >= 0.6 is 0 Å². The molecule has 1 unspecified atom stereocenters. The summed E-state index contributed by atoms with van der Waals surface area (Å²) in [5, 5.41) is 11.6. The molecular formula is C10H9F2NO. The van der Waals surface area contributed by atoms with Gasteiger partial charge in [0.2, 0.25) is 0 Å². The predicted molar refractivity (Wildman–Crippen MR) is 47.6 cm³/mol. The Bertz CT molecular complexity index is 369. The lowest BCUT2D eigenvalue weighted by molar-refractivity contribution is 0.310. The Labute approximate surface area is 79.9 Å². The van der Waals surface area contributed by atoms with Crippen molar-refractivity contribution in [3.63, 3.8) is 0 Å². The van der Waals surface area contributed by atoms with Crippen LogP contribution in [0.2, 0.25) is 0 Å². The number of rotatable bonds is 1. The molecule has 0 amide bonds. The number of halogens is 2. The van der Waals surface area contributed by atoms with Gasteiger partial charge in [-0.25, -0.2) is 8.78 Å². The van der Waals surface area contributed by atoms with E-state index in [1.807, 2.05) is 0 Å². The molecule has 0 aromatic heterocycles. The molecule has 1 fully saturated rings. The zero-order valence-electron chi connectivity index (χ0n) is 7.37. The number of benzene rings is 1. The van der Waals surface area contributed by atoms with Gasteiger partial charge >= 0.3 is 0 Å². The summed E-state index contributed by atoms with van der Waals surface area (Å²) >= 11 is 0. The van der Waals surface area contributed by atoms with Crippen LogP contribution in [-0.2, 0) is 0 Å². The fraction of sp³-hybridized carbons (Fsp3) is 0.300. The fourth-order valence-corrected chi connectivity index (χ4v) is 1.69. The van der Waals surface area contributed by atoms with Crippen LogP contribution in [0.15, 0.2) is 23.4 Å². The van der Waals surface area contributed by atoms with Crippen molar-refractivity contribution >= 4 is 5.71 Å². The highest BCUT2D eigenvalue weighted by Crippen LogP contribution is 2.36. The van der Waals surface area contributed by atoms with Gasteiger partial charge in [0, 0.05) is 11.5 Å². The largest absolute Gasteiger partial charge is 0.411 e. The smallest absolute Gasteiger partial charge is 0.129 e. The Balaban J connectivity index is 2.41. The van der Waals surface area contributed by atoms with Gasteiger partial charge in [0.15, 0.2) is 0 Å². The lowest BCUT2D eigenvalue weighted by Crippen LogP contribution is -2.25. The normalized spacial score (nSPS) is 23.6. The van der Waals surface area contributed by atoms with Crippen molar-refractivity contribution in [3.8, 4) is 0 Å². The van der Waals surface area contributed by atoms with E-state index in [4.69, 9.17) is 5.21 Å². The summed E-state index contributed by atoms with van der Waals surface area (Å²) in [6, 6.07) is 3.75. The van der Waals surface area contributed by atoms with Crippen LogP contribution in [0.1, 0.15) is 24.3 Å². The molecule has 2 rings (SSSR count). The van der Waals surface area contributed by atoms with Crippen molar-refractivity contribution in [3.05, 3.63) is 35.4 Å². The minimum Gasteiger partial charge on any atom is -0.411 e. The Hall–Kier alpha value is -1.45. The average molecular weight is 197 g/mol. The maximum Gasteiger partial charge on any atom is 0.129 e. The maximum absolute atomic E-state index is 13.3. The zero-order chi connectivity index (χ0) is 10.1. The third-order valence-corrected chi connectivity index (χ3v) is 2.57. The van der Waals surface area contributed by atoms with Crippen LogP contribution in [-0.4, -0.2) is 10.9 Å². The highest BCUT2D eigenvalue weighted by molar-refractivity contribution is 5.95. The molecule has 0 aliphatic heterocycles. The minimum atomic E-state index is -0.573. The summed E-state index contributed by atoms with van der Waals surface area (Å²) in [6.07, 6.45) is 1.24. The van der Waals surface area contributed by atoms with Crippen molar-refractivity contribution in [2.24, 2.45) is 5.16 Å². The standard InChI is InChI=1S/C10H9F2NO/c11-7-2-1-3-8(12)10(7)6-4-5-9(6)13-14/h1-3,6,14H,4-5H2/b13-9+. The monoisotopic (exact) mass is 197 g/mol. The fourth-order valence-electron chi connectivity index (χ4n) is 1.69. The van der Waals surface area contributed by atoms with Gasteiger partial charge in [0.05, 0.1) is 5.71 Å². The number of nitrogens with zero attached hydrogens (tertiary/aromatic N) is 1. The molecule has 1 saturated carbocycles. The van der Waals surface area contributed by atoms with Crippen LogP contribution < -0.4 is 0 Å². The number of hydrogen-bond acceptors (Lipinski definition) is 2. The van der Waals surface area contributed by atoms with Crippen molar-refractivity contribution in [2.45, 2.75) is 18.8 Å². The molecular weight excluding hydrogens is 188 g/mol. The van der Waals surface area contributed by atoms with Gasteiger partial charge in [-0.3, -0.25) is 0 Å². The summed E-state index contributed by atoms with van der Waals surface area (Å²) < 4.78 is 26.5. The average Bonchev–Trinajstić information content (AvgIpc) is 2.10. The first-order valence-corrected chi connectivity index (χ1v) is 4.38. The molecule has 1 aliphatic carbocycles. The Kier molecular flexibility index (Phi) is 2.19. The summed E-state index contributed by atoms with van der Waals surface area (Å²) in [7, 11) is 0. The van der Waals surface area contributed by atoms with Crippen molar-refractivity contribution in [1.82, 2.24) is 0 Å². The molecule has 1 atom stereocenters. The minimum absolute atomic E-state index is 0.0200. The Morgan fingerprint density at radius 3 is 2.36 bits per heavy atom. The second-order valence-electron chi connectivity index (χ2n) is 3.32. The third-order valence-electron chi connectivity index (χ3n) is 2.57. The molecule has 1 N–H and O–H groups in total. The van der Waals surface area contributed by atoms with Crippen molar-refractivity contribution < 1.29 is 14.0 Å². The van der Waals surface area contributed by atoms with Gasteiger partial charge in [-0.15, -0.1) is 0 Å². The second-order valence-corrected chi connectivity index (χ2v) is 3.32. The van der Waals surface area contributed by atoms with E-state index in [0.717, 1.165) is 0 Å². The Morgan fingerprint density at radius 1 is 1.29 bits per heavy atom. The highest BCUT2D eigenvalue weighted by atomic mass is 19.1. The lowest BCUT2D eigenvalue weighted by atomic mass is 9.77. The molecule has 14 heavy (non-hydrogen) atoms. The van der Waals surface area contributed by atoms with Crippen molar-refractivity contribution in [2.75, 3.05) is 0 Å². The summed E-state index contributed by atoms with van der Waals surface area (Å²) in [5.41, 5.74) is 0.473. The molecule has 4 heteroatoms. The van der Waals surface area contributed by atoms with E-state index in [1.54, 1.807) is 0 Å². The first-order valence-electron chi connectivity index (χ1n) is 4.38. The number of hydrogen-bond donors (Lipinski definition) is 1. The van der Waals surface area contributed by atoms with E-state index >= 15 is 0 Å². The molecule has 0 bridgehead atoms. The highest BCUT2D eigenvalue weighted by Gasteiger charge is 2.32. The molecule has 0 saturated heterocycles. The summed E-state index contributed by atoms with van der Waals surface area (Å²) in [4.78, 5) is 0. The number of oxime groups is 1. The molecule has 1 aliphatic rings. The van der Waals surface area contributed by atoms with Gasteiger partial charge in [-0.05, 0) is 25.0 Å². The molecule has 2 nitrogen and oxygen atoms in total. The molecule has 1 aromatic rings. The van der Waals surface area contributed by atoms with Crippen molar-refractivity contribution in [1.29, 1.82) is 0 Å². The van der Waals surface area contributed by atoms with Gasteiger partial charge in [0.1, 0.15) is 11.6 Å².